The third-order valence-electron chi connectivity index (χ3n) is 10.4. The van der Waals surface area contributed by atoms with Gasteiger partial charge in [-0.05, 0) is 101 Å². The molecule has 0 unspecified atom stereocenters. The molecule has 0 aliphatic rings. The van der Waals surface area contributed by atoms with E-state index in [1.54, 1.807) is 0 Å². The summed E-state index contributed by atoms with van der Waals surface area (Å²) < 4.78 is 0. The van der Waals surface area contributed by atoms with Crippen molar-refractivity contribution in [1.29, 1.82) is 0 Å². The molecule has 10 rings (SSSR count). The van der Waals surface area contributed by atoms with Gasteiger partial charge in [0.05, 0.1) is 5.69 Å². The van der Waals surface area contributed by atoms with Gasteiger partial charge in [0.2, 0.25) is 0 Å². The Morgan fingerprint density at radius 1 is 0.235 bits per heavy atom. The molecule has 0 aromatic heterocycles. The van der Waals surface area contributed by atoms with Crippen LogP contribution >= 0.6 is 0 Å². The molecule has 1 nitrogen and oxygen atoms in total. The first-order chi connectivity index (χ1) is 25.3. The molecule has 0 atom stereocenters. The molecule has 0 aliphatic carbocycles. The Bertz CT molecular complexity index is 2870. The lowest BCUT2D eigenvalue weighted by Crippen LogP contribution is -2.11. The van der Waals surface area contributed by atoms with Crippen molar-refractivity contribution >= 4 is 70.9 Å². The topological polar surface area (TPSA) is 3.24 Å². The van der Waals surface area contributed by atoms with Crippen LogP contribution in [0.5, 0.6) is 0 Å². The predicted molar refractivity (Wildman–Crippen MR) is 220 cm³/mol. The molecule has 0 aliphatic heterocycles. The number of hydrogen-bond donors (Lipinski definition) is 0. The smallest absolute Gasteiger partial charge is 0.0546 e. The number of anilines is 3. The lowest BCUT2D eigenvalue weighted by Gasteiger charge is -2.28. The summed E-state index contributed by atoms with van der Waals surface area (Å²) in [6.07, 6.45) is 0. The van der Waals surface area contributed by atoms with E-state index in [9.17, 15) is 0 Å². The van der Waals surface area contributed by atoms with Crippen LogP contribution in [0.4, 0.5) is 17.1 Å². The average molecular weight is 648 g/mol. The molecule has 0 saturated carbocycles. The van der Waals surface area contributed by atoms with E-state index in [1.165, 1.54) is 76.1 Å². The summed E-state index contributed by atoms with van der Waals surface area (Å²) in [5.74, 6) is 0. The van der Waals surface area contributed by atoms with Crippen LogP contribution in [0.3, 0.4) is 0 Å². The fourth-order valence-corrected chi connectivity index (χ4v) is 7.99. The second kappa shape index (κ2) is 12.0. The molecule has 1 heteroatoms. The number of hydrogen-bond acceptors (Lipinski definition) is 1. The maximum atomic E-state index is 2.46. The molecule has 0 radical (unpaired) electrons. The molecule has 0 spiro atoms. The van der Waals surface area contributed by atoms with E-state index < -0.39 is 0 Å². The molecule has 0 amide bonds. The maximum Gasteiger partial charge on any atom is 0.0546 e. The molecule has 10 aromatic rings. The van der Waals surface area contributed by atoms with Crippen molar-refractivity contribution < 1.29 is 0 Å². The summed E-state index contributed by atoms with van der Waals surface area (Å²) in [5, 5.41) is 12.6. The van der Waals surface area contributed by atoms with Crippen LogP contribution in [0.25, 0.3) is 76.1 Å². The normalized spacial score (nSPS) is 11.5. The Hall–Kier alpha value is -6.70. The molecule has 0 N–H and O–H groups in total. The minimum Gasteiger partial charge on any atom is -0.310 e. The van der Waals surface area contributed by atoms with Gasteiger partial charge in [0.25, 0.3) is 0 Å². The highest BCUT2D eigenvalue weighted by Gasteiger charge is 2.19. The van der Waals surface area contributed by atoms with Gasteiger partial charge >= 0.3 is 0 Å². The van der Waals surface area contributed by atoms with E-state index in [1.807, 2.05) is 0 Å². The molecular weight excluding hydrogens is 615 g/mol. The van der Waals surface area contributed by atoms with Crippen LogP contribution in [0.1, 0.15) is 0 Å². The van der Waals surface area contributed by atoms with Gasteiger partial charge in [0.1, 0.15) is 0 Å². The highest BCUT2D eigenvalue weighted by atomic mass is 15.1. The summed E-state index contributed by atoms with van der Waals surface area (Å²) in [4.78, 5) is 2.46. The lowest BCUT2D eigenvalue weighted by molar-refractivity contribution is 1.31. The van der Waals surface area contributed by atoms with Crippen molar-refractivity contribution in [2.45, 2.75) is 0 Å². The number of rotatable bonds is 5. The average Bonchev–Trinajstić information content (AvgIpc) is 3.21. The molecule has 0 saturated heterocycles. The van der Waals surface area contributed by atoms with Crippen molar-refractivity contribution in [2.75, 3.05) is 4.90 Å². The van der Waals surface area contributed by atoms with Crippen molar-refractivity contribution in [1.82, 2.24) is 0 Å². The number of fused-ring (bicyclic) bond motifs is 9. The van der Waals surface area contributed by atoms with Gasteiger partial charge in [-0.1, -0.05) is 170 Å². The molecule has 51 heavy (non-hydrogen) atoms. The summed E-state index contributed by atoms with van der Waals surface area (Å²) in [7, 11) is 0. The zero-order chi connectivity index (χ0) is 33.7. The van der Waals surface area contributed by atoms with E-state index in [2.05, 4.69) is 205 Å². The fraction of sp³-hybridized carbons (Fsp3) is 0. The van der Waals surface area contributed by atoms with Crippen LogP contribution in [0.2, 0.25) is 0 Å². The number of nitrogens with zero attached hydrogens (tertiary/aromatic N) is 1. The van der Waals surface area contributed by atoms with Crippen LogP contribution in [-0.2, 0) is 0 Å². The standard InChI is InChI=1S/C50H33N/c1-2-13-34(14-3-1)35-25-27-36(28-26-35)37-16-12-17-39(31-37)51(50-32-38-15-4-5-18-41(38)42-19-10-11-24-48(42)50)40-29-30-47-45-22-7-6-20-43(45)44-21-8-9-23-46(44)49(47)33-40/h1-33H. The molecule has 0 heterocycles. The Kier molecular flexibility index (Phi) is 6.89. The predicted octanol–water partition coefficient (Wildman–Crippen LogP) is 14.3. The summed E-state index contributed by atoms with van der Waals surface area (Å²) in [6, 6.07) is 73.1. The van der Waals surface area contributed by atoms with E-state index in [-0.39, 0.29) is 0 Å². The van der Waals surface area contributed by atoms with Crippen molar-refractivity contribution in [3.8, 4) is 22.3 Å². The number of benzene rings is 10. The van der Waals surface area contributed by atoms with Gasteiger partial charge in [-0.25, -0.2) is 0 Å². The van der Waals surface area contributed by atoms with Gasteiger partial charge in [-0.3, -0.25) is 0 Å². The highest BCUT2D eigenvalue weighted by molar-refractivity contribution is 6.26. The lowest BCUT2D eigenvalue weighted by atomic mass is 9.93. The molecule has 10 aromatic carbocycles. The molecular formula is C50H33N. The van der Waals surface area contributed by atoms with Gasteiger partial charge < -0.3 is 4.90 Å². The zero-order valence-corrected chi connectivity index (χ0v) is 28.0. The summed E-state index contributed by atoms with van der Waals surface area (Å²) in [6.45, 7) is 0. The second-order valence-electron chi connectivity index (χ2n) is 13.3. The van der Waals surface area contributed by atoms with Crippen LogP contribution < -0.4 is 4.90 Å². The van der Waals surface area contributed by atoms with E-state index in [4.69, 9.17) is 0 Å². The first-order valence-electron chi connectivity index (χ1n) is 17.6. The summed E-state index contributed by atoms with van der Waals surface area (Å²) >= 11 is 0. The van der Waals surface area contributed by atoms with Crippen molar-refractivity contribution in [2.24, 2.45) is 0 Å². The molecule has 238 valence electrons. The largest absolute Gasteiger partial charge is 0.310 e. The fourth-order valence-electron chi connectivity index (χ4n) is 7.99. The van der Waals surface area contributed by atoms with Gasteiger partial charge in [0.15, 0.2) is 0 Å². The van der Waals surface area contributed by atoms with Crippen molar-refractivity contribution in [3.05, 3.63) is 200 Å². The molecule has 0 fully saturated rings. The maximum absolute atomic E-state index is 2.46. The third-order valence-corrected chi connectivity index (χ3v) is 10.4. The monoisotopic (exact) mass is 647 g/mol. The minimum absolute atomic E-state index is 1.12. The summed E-state index contributed by atoms with van der Waals surface area (Å²) in [5.41, 5.74) is 8.21. The highest BCUT2D eigenvalue weighted by Crippen LogP contribution is 2.45. The van der Waals surface area contributed by atoms with Gasteiger partial charge in [0, 0.05) is 16.8 Å². The van der Waals surface area contributed by atoms with Gasteiger partial charge in [-0.2, -0.15) is 0 Å². The quantitative estimate of drug-likeness (QED) is 0.168. The van der Waals surface area contributed by atoms with E-state index >= 15 is 0 Å². The Morgan fingerprint density at radius 3 is 1.35 bits per heavy atom. The van der Waals surface area contributed by atoms with Gasteiger partial charge in [-0.15, -0.1) is 0 Å². The Labute approximate surface area is 297 Å². The molecule has 0 bridgehead atoms. The Balaban J connectivity index is 1.22. The van der Waals surface area contributed by atoms with E-state index in [0.29, 0.717) is 0 Å². The minimum atomic E-state index is 1.12. The Morgan fingerprint density at radius 2 is 0.686 bits per heavy atom. The van der Waals surface area contributed by atoms with Crippen LogP contribution in [0.15, 0.2) is 200 Å². The third kappa shape index (κ3) is 4.94. The first kappa shape index (κ1) is 29.2. The first-order valence-corrected chi connectivity index (χ1v) is 17.6. The van der Waals surface area contributed by atoms with Crippen molar-refractivity contribution in [3.63, 3.8) is 0 Å². The second-order valence-corrected chi connectivity index (χ2v) is 13.3. The zero-order valence-electron chi connectivity index (χ0n) is 28.0. The van der Waals surface area contributed by atoms with E-state index in [0.717, 1.165) is 17.1 Å². The van der Waals surface area contributed by atoms with Crippen LogP contribution in [-0.4, -0.2) is 0 Å². The SMILES string of the molecule is c1ccc(-c2ccc(-c3cccc(N(c4ccc5c6ccccc6c6ccccc6c5c4)c4cc5ccccc5c5ccccc45)c3)cc2)cc1. The van der Waals surface area contributed by atoms with Crippen LogP contribution in [0, 0.1) is 0 Å².